The van der Waals surface area contributed by atoms with E-state index >= 15 is 0 Å². The van der Waals surface area contributed by atoms with Crippen molar-refractivity contribution in [3.8, 4) is 5.75 Å². The van der Waals surface area contributed by atoms with E-state index in [0.29, 0.717) is 12.1 Å². The van der Waals surface area contributed by atoms with Crippen LogP contribution in [0.1, 0.15) is 51.1 Å². The molecule has 0 aliphatic carbocycles. The van der Waals surface area contributed by atoms with Crippen LogP contribution in [0.3, 0.4) is 0 Å². The van der Waals surface area contributed by atoms with Gasteiger partial charge >= 0.3 is 0 Å². The molecule has 6 nitrogen and oxygen atoms in total. The van der Waals surface area contributed by atoms with Crippen LogP contribution in [-0.2, 0) is 0 Å². The van der Waals surface area contributed by atoms with Gasteiger partial charge in [0, 0.05) is 37.9 Å². The van der Waals surface area contributed by atoms with Crippen molar-refractivity contribution < 1.29 is 4.74 Å². The zero-order valence-electron chi connectivity index (χ0n) is 17.9. The highest BCUT2D eigenvalue weighted by atomic mass is 16.5. The third kappa shape index (κ3) is 3.90. The van der Waals surface area contributed by atoms with Gasteiger partial charge in [-0.15, -0.1) is 5.10 Å². The van der Waals surface area contributed by atoms with Crippen LogP contribution < -0.4 is 4.74 Å². The summed E-state index contributed by atoms with van der Waals surface area (Å²) < 4.78 is 7.98. The fraction of sp³-hybridized carbons (Fsp3) is 0.727. The molecule has 154 valence electrons. The maximum atomic E-state index is 5.58. The van der Waals surface area contributed by atoms with Crippen molar-refractivity contribution in [2.45, 2.75) is 58.5 Å². The van der Waals surface area contributed by atoms with E-state index in [1.165, 1.54) is 64.0 Å². The Morgan fingerprint density at radius 3 is 2.46 bits per heavy atom. The smallest absolute Gasteiger partial charge is 0.164 e. The number of ether oxygens (including phenoxy) is 1. The van der Waals surface area contributed by atoms with Gasteiger partial charge in [-0.25, -0.2) is 0 Å². The number of methoxy groups -OCH3 is 1. The second-order valence-corrected chi connectivity index (χ2v) is 8.93. The second-order valence-electron chi connectivity index (χ2n) is 8.93. The van der Waals surface area contributed by atoms with Crippen molar-refractivity contribution in [3.05, 3.63) is 18.0 Å². The lowest BCUT2D eigenvalue weighted by Crippen LogP contribution is -2.43. The third-order valence-corrected chi connectivity index (χ3v) is 6.82. The summed E-state index contributed by atoms with van der Waals surface area (Å²) in [6.45, 7) is 13.0. The normalized spacial score (nSPS) is 21.0. The van der Waals surface area contributed by atoms with Crippen molar-refractivity contribution in [1.82, 2.24) is 24.6 Å². The number of aromatic nitrogens is 3. The van der Waals surface area contributed by atoms with Gasteiger partial charge in [0.05, 0.1) is 13.3 Å². The van der Waals surface area contributed by atoms with Crippen LogP contribution in [0.2, 0.25) is 0 Å². The highest BCUT2D eigenvalue weighted by Crippen LogP contribution is 2.33. The first-order chi connectivity index (χ1) is 13.6. The lowest BCUT2D eigenvalue weighted by Gasteiger charge is -2.39. The highest BCUT2D eigenvalue weighted by Gasteiger charge is 2.27. The van der Waals surface area contributed by atoms with Gasteiger partial charge in [0.25, 0.3) is 0 Å². The van der Waals surface area contributed by atoms with Gasteiger partial charge in [-0.2, -0.15) is 5.10 Å². The molecule has 0 radical (unpaired) electrons. The molecule has 2 aliphatic heterocycles. The highest BCUT2D eigenvalue weighted by molar-refractivity contribution is 5.84. The molecular weight excluding hydrogens is 350 g/mol. The molecule has 0 aromatic carbocycles. The van der Waals surface area contributed by atoms with E-state index < -0.39 is 0 Å². The van der Waals surface area contributed by atoms with E-state index in [4.69, 9.17) is 4.74 Å². The summed E-state index contributed by atoms with van der Waals surface area (Å²) in [6, 6.07) is 1.21. The van der Waals surface area contributed by atoms with Crippen molar-refractivity contribution in [1.29, 1.82) is 0 Å². The molecule has 2 aliphatic rings. The molecule has 4 heterocycles. The molecule has 0 spiro atoms. The van der Waals surface area contributed by atoms with Gasteiger partial charge in [-0.05, 0) is 71.0 Å². The van der Waals surface area contributed by atoms with Crippen molar-refractivity contribution in [3.63, 3.8) is 0 Å². The number of likely N-dealkylation sites (tertiary alicyclic amines) is 2. The Balaban J connectivity index is 1.37. The van der Waals surface area contributed by atoms with Gasteiger partial charge in [-0.3, -0.25) is 0 Å². The van der Waals surface area contributed by atoms with Crippen LogP contribution in [0.15, 0.2) is 12.4 Å². The Morgan fingerprint density at radius 2 is 1.82 bits per heavy atom. The first-order valence-corrected chi connectivity index (χ1v) is 10.9. The fourth-order valence-electron chi connectivity index (χ4n) is 5.05. The van der Waals surface area contributed by atoms with Crippen molar-refractivity contribution in [2.24, 2.45) is 5.92 Å². The molecule has 0 N–H and O–H groups in total. The standard InChI is InChI=1S/C22H35N5O/c1-16(2)26-11-5-18(6-12-26)15-25-9-7-19(8-10-25)27-14-17(3)21-22(27)20(28-4)13-23-24-21/h13-14,16,18-19H,5-12,15H2,1-4H3. The monoisotopic (exact) mass is 385 g/mol. The summed E-state index contributed by atoms with van der Waals surface area (Å²) in [6.07, 6.45) is 9.07. The van der Waals surface area contributed by atoms with Crippen LogP contribution in [0.5, 0.6) is 5.75 Å². The SMILES string of the molecule is COc1cnnc2c(C)cn(C3CCN(CC4CCN(C(C)C)CC4)CC3)c12. The topological polar surface area (TPSA) is 46.4 Å². The molecule has 0 bridgehead atoms. The molecule has 4 rings (SSSR count). The molecule has 2 aromatic heterocycles. The van der Waals surface area contributed by atoms with Crippen molar-refractivity contribution in [2.75, 3.05) is 39.8 Å². The number of piperidine rings is 2. The molecule has 0 atom stereocenters. The number of nitrogens with zero attached hydrogens (tertiary/aromatic N) is 5. The summed E-state index contributed by atoms with van der Waals surface area (Å²) >= 11 is 0. The Hall–Kier alpha value is -1.66. The number of hydrogen-bond donors (Lipinski definition) is 0. The predicted molar refractivity (Wildman–Crippen MR) is 113 cm³/mol. The average Bonchev–Trinajstić information content (AvgIpc) is 3.06. The summed E-state index contributed by atoms with van der Waals surface area (Å²) in [5, 5.41) is 8.45. The van der Waals surface area contributed by atoms with Gasteiger partial charge in [0.2, 0.25) is 0 Å². The third-order valence-electron chi connectivity index (χ3n) is 6.82. The molecule has 28 heavy (non-hydrogen) atoms. The van der Waals surface area contributed by atoms with E-state index in [-0.39, 0.29) is 0 Å². The van der Waals surface area contributed by atoms with E-state index in [0.717, 1.165) is 22.7 Å². The Kier molecular flexibility index (Phi) is 5.88. The summed E-state index contributed by atoms with van der Waals surface area (Å²) in [5.74, 6) is 1.70. The van der Waals surface area contributed by atoms with Gasteiger partial charge in [0.1, 0.15) is 11.0 Å². The summed E-state index contributed by atoms with van der Waals surface area (Å²) in [7, 11) is 1.72. The molecular formula is C22H35N5O. The Labute approximate surface area is 168 Å². The molecule has 6 heteroatoms. The Bertz CT molecular complexity index is 786. The first-order valence-electron chi connectivity index (χ1n) is 10.9. The second kappa shape index (κ2) is 8.37. The number of rotatable bonds is 5. The summed E-state index contributed by atoms with van der Waals surface area (Å²) in [5.41, 5.74) is 3.26. The fourth-order valence-corrected chi connectivity index (χ4v) is 5.05. The van der Waals surface area contributed by atoms with E-state index in [1.54, 1.807) is 13.3 Å². The zero-order valence-corrected chi connectivity index (χ0v) is 17.9. The van der Waals surface area contributed by atoms with Crippen LogP contribution >= 0.6 is 0 Å². The van der Waals surface area contributed by atoms with Crippen LogP contribution in [0, 0.1) is 12.8 Å². The molecule has 2 saturated heterocycles. The minimum atomic E-state index is 0.522. The average molecular weight is 386 g/mol. The molecule has 2 aromatic rings. The van der Waals surface area contributed by atoms with Crippen LogP contribution in [0.25, 0.3) is 11.0 Å². The van der Waals surface area contributed by atoms with E-state index in [9.17, 15) is 0 Å². The lowest BCUT2D eigenvalue weighted by molar-refractivity contribution is 0.105. The van der Waals surface area contributed by atoms with Gasteiger partial charge in [0.15, 0.2) is 5.75 Å². The lowest BCUT2D eigenvalue weighted by atomic mass is 9.94. The maximum absolute atomic E-state index is 5.58. The quantitative estimate of drug-likeness (QED) is 0.788. The predicted octanol–water partition coefficient (Wildman–Crippen LogP) is 3.51. The molecule has 2 fully saturated rings. The number of aryl methyl sites for hydroxylation is 1. The number of fused-ring (bicyclic) bond motifs is 1. The van der Waals surface area contributed by atoms with Crippen LogP contribution in [-0.4, -0.2) is 70.4 Å². The Morgan fingerprint density at radius 1 is 1.11 bits per heavy atom. The zero-order chi connectivity index (χ0) is 19.7. The van der Waals surface area contributed by atoms with Gasteiger partial charge < -0.3 is 19.1 Å². The van der Waals surface area contributed by atoms with E-state index in [2.05, 4.69) is 51.5 Å². The van der Waals surface area contributed by atoms with E-state index in [1.807, 2.05) is 0 Å². The van der Waals surface area contributed by atoms with Gasteiger partial charge in [-0.1, -0.05) is 0 Å². The van der Waals surface area contributed by atoms with Crippen molar-refractivity contribution >= 4 is 11.0 Å². The maximum Gasteiger partial charge on any atom is 0.164 e. The minimum Gasteiger partial charge on any atom is -0.493 e. The minimum absolute atomic E-state index is 0.522. The molecule has 0 unspecified atom stereocenters. The summed E-state index contributed by atoms with van der Waals surface area (Å²) in [4.78, 5) is 5.32. The number of hydrogen-bond acceptors (Lipinski definition) is 5. The molecule has 0 amide bonds. The first kappa shape index (κ1) is 19.6. The largest absolute Gasteiger partial charge is 0.493 e. The van der Waals surface area contributed by atoms with Crippen LogP contribution in [0.4, 0.5) is 0 Å². The molecule has 0 saturated carbocycles.